The molecule has 1 aromatic rings. The summed E-state index contributed by atoms with van der Waals surface area (Å²) in [6.07, 6.45) is 0. The standard InChI is InChI=1S/C6Br3Cl3/c7-1-2(8)4(10)6(12)5(11)3(1)9. The molecule has 1 rings (SSSR count). The van der Waals surface area contributed by atoms with Gasteiger partial charge in [-0.05, 0) is 47.8 Å². The van der Waals surface area contributed by atoms with Gasteiger partial charge >= 0.3 is 0 Å². The van der Waals surface area contributed by atoms with Crippen molar-refractivity contribution in [3.63, 3.8) is 0 Å². The van der Waals surface area contributed by atoms with Gasteiger partial charge in [0.2, 0.25) is 0 Å². The summed E-state index contributed by atoms with van der Waals surface area (Å²) in [7, 11) is 0. The van der Waals surface area contributed by atoms with Crippen LogP contribution in [0.4, 0.5) is 0 Å². The zero-order valence-electron chi connectivity index (χ0n) is 5.27. The van der Waals surface area contributed by atoms with E-state index in [1.165, 1.54) is 0 Å². The maximum Gasteiger partial charge on any atom is 0.0802 e. The minimum Gasteiger partial charge on any atom is -0.0814 e. The van der Waals surface area contributed by atoms with Crippen LogP contribution in [-0.2, 0) is 0 Å². The van der Waals surface area contributed by atoms with Crippen molar-refractivity contribution >= 4 is 82.6 Å². The minimum atomic E-state index is 0.334. The molecule has 0 bridgehead atoms. The van der Waals surface area contributed by atoms with E-state index in [-0.39, 0.29) is 0 Å². The second-order valence-electron chi connectivity index (χ2n) is 1.88. The second kappa shape index (κ2) is 4.37. The lowest BCUT2D eigenvalue weighted by molar-refractivity contribution is 1.53. The highest BCUT2D eigenvalue weighted by Gasteiger charge is 2.16. The first kappa shape index (κ1) is 11.6. The zero-order chi connectivity index (χ0) is 9.46. The first-order chi connectivity index (χ1) is 5.46. The predicted octanol–water partition coefficient (Wildman–Crippen LogP) is 5.93. The Kier molecular flexibility index (Phi) is 4.22. The number of halogens is 6. The molecule has 0 nitrogen and oxygen atoms in total. The summed E-state index contributed by atoms with van der Waals surface area (Å²) in [5.74, 6) is 0. The average molecular weight is 418 g/mol. The number of benzene rings is 1. The molecule has 0 aromatic heterocycles. The number of hydrogen-bond acceptors (Lipinski definition) is 0. The first-order valence-corrected chi connectivity index (χ1v) is 6.15. The summed E-state index contributed by atoms with van der Waals surface area (Å²) in [6.45, 7) is 0. The van der Waals surface area contributed by atoms with Gasteiger partial charge in [-0.3, -0.25) is 0 Å². The van der Waals surface area contributed by atoms with Crippen molar-refractivity contribution in [2.75, 3.05) is 0 Å². The molecule has 66 valence electrons. The Bertz CT molecular complexity index is 232. The molecule has 0 N–H and O–H groups in total. The van der Waals surface area contributed by atoms with Crippen LogP contribution in [-0.4, -0.2) is 0 Å². The van der Waals surface area contributed by atoms with E-state index >= 15 is 0 Å². The molecule has 0 atom stereocenters. The van der Waals surface area contributed by atoms with E-state index in [1.807, 2.05) is 0 Å². The highest BCUT2D eigenvalue weighted by Crippen LogP contribution is 2.46. The Morgan fingerprint density at radius 3 is 1.25 bits per heavy atom. The quantitative estimate of drug-likeness (QED) is 0.362. The van der Waals surface area contributed by atoms with Crippen LogP contribution < -0.4 is 0 Å². The van der Waals surface area contributed by atoms with Crippen molar-refractivity contribution in [2.24, 2.45) is 0 Å². The molecule has 0 saturated heterocycles. The average Bonchev–Trinajstić information content (AvgIpc) is 2.08. The second-order valence-corrected chi connectivity index (χ2v) is 5.40. The molecule has 0 amide bonds. The molecular formula is C6Br3Cl3. The van der Waals surface area contributed by atoms with E-state index in [0.717, 1.165) is 4.47 Å². The Morgan fingerprint density at radius 2 is 0.917 bits per heavy atom. The van der Waals surface area contributed by atoms with E-state index < -0.39 is 0 Å². The Balaban J connectivity index is 3.60. The molecule has 0 heterocycles. The van der Waals surface area contributed by atoms with Gasteiger partial charge in [0.1, 0.15) is 0 Å². The van der Waals surface area contributed by atoms with Gasteiger partial charge in [0.25, 0.3) is 0 Å². The van der Waals surface area contributed by atoms with Crippen LogP contribution in [0.1, 0.15) is 0 Å². The van der Waals surface area contributed by atoms with Crippen LogP contribution in [0.15, 0.2) is 13.4 Å². The van der Waals surface area contributed by atoms with Crippen LogP contribution >= 0.6 is 82.6 Å². The van der Waals surface area contributed by atoms with Crippen molar-refractivity contribution in [3.8, 4) is 0 Å². The molecule has 0 spiro atoms. The molecule has 1 aromatic carbocycles. The van der Waals surface area contributed by atoms with Crippen molar-refractivity contribution < 1.29 is 0 Å². The lowest BCUT2D eigenvalue weighted by atomic mass is 10.4. The molecule has 0 fully saturated rings. The van der Waals surface area contributed by atoms with Gasteiger partial charge in [-0.1, -0.05) is 34.8 Å². The Morgan fingerprint density at radius 1 is 0.583 bits per heavy atom. The van der Waals surface area contributed by atoms with E-state index in [4.69, 9.17) is 34.8 Å². The molecule has 0 saturated carbocycles. The topological polar surface area (TPSA) is 0 Å². The smallest absolute Gasteiger partial charge is 0.0802 e. The van der Waals surface area contributed by atoms with Crippen molar-refractivity contribution in [2.45, 2.75) is 0 Å². The normalized spacial score (nSPS) is 10.5. The van der Waals surface area contributed by atoms with Gasteiger partial charge in [-0.2, -0.15) is 0 Å². The van der Waals surface area contributed by atoms with Gasteiger partial charge in [0, 0.05) is 4.47 Å². The molecule has 0 aliphatic carbocycles. The zero-order valence-corrected chi connectivity index (χ0v) is 12.3. The van der Waals surface area contributed by atoms with E-state index in [2.05, 4.69) is 47.8 Å². The molecular weight excluding hydrogens is 418 g/mol. The molecule has 0 radical (unpaired) electrons. The number of rotatable bonds is 0. The summed E-state index contributed by atoms with van der Waals surface area (Å²) >= 11 is 27.3. The SMILES string of the molecule is Clc1c(Cl)c(Br)c(Br)c(Br)c1Cl. The van der Waals surface area contributed by atoms with Gasteiger partial charge < -0.3 is 0 Å². The van der Waals surface area contributed by atoms with E-state index in [0.29, 0.717) is 24.0 Å². The van der Waals surface area contributed by atoms with Crippen LogP contribution in [0.2, 0.25) is 15.1 Å². The van der Waals surface area contributed by atoms with Crippen LogP contribution in [0.25, 0.3) is 0 Å². The summed E-state index contributed by atoms with van der Waals surface area (Å²) in [5, 5.41) is 1.13. The van der Waals surface area contributed by atoms with Crippen LogP contribution in [0.5, 0.6) is 0 Å². The maximum atomic E-state index is 5.85. The third-order valence-electron chi connectivity index (χ3n) is 1.16. The first-order valence-electron chi connectivity index (χ1n) is 2.63. The fourth-order valence-corrected chi connectivity index (χ4v) is 3.11. The molecule has 6 heteroatoms. The monoisotopic (exact) mass is 414 g/mol. The van der Waals surface area contributed by atoms with E-state index in [1.54, 1.807) is 0 Å². The van der Waals surface area contributed by atoms with Crippen LogP contribution in [0.3, 0.4) is 0 Å². The van der Waals surface area contributed by atoms with Crippen molar-refractivity contribution in [1.29, 1.82) is 0 Å². The summed E-state index contributed by atoms with van der Waals surface area (Å²) in [6, 6.07) is 0. The van der Waals surface area contributed by atoms with Crippen molar-refractivity contribution in [1.82, 2.24) is 0 Å². The summed E-state index contributed by atoms with van der Waals surface area (Å²) < 4.78 is 2.12. The van der Waals surface area contributed by atoms with Gasteiger partial charge in [0.15, 0.2) is 0 Å². The summed E-state index contributed by atoms with van der Waals surface area (Å²) in [4.78, 5) is 0. The maximum absolute atomic E-state index is 5.85. The fourth-order valence-electron chi connectivity index (χ4n) is 0.578. The third-order valence-corrected chi connectivity index (χ3v) is 6.38. The van der Waals surface area contributed by atoms with Crippen molar-refractivity contribution in [3.05, 3.63) is 28.5 Å². The molecule has 0 unspecified atom stereocenters. The Labute approximate surface area is 110 Å². The van der Waals surface area contributed by atoms with Gasteiger partial charge in [-0.15, -0.1) is 0 Å². The molecule has 0 aliphatic heterocycles. The molecule has 0 aliphatic rings. The Hall–Kier alpha value is 1.53. The van der Waals surface area contributed by atoms with Gasteiger partial charge in [0.05, 0.1) is 24.0 Å². The molecule has 12 heavy (non-hydrogen) atoms. The lowest BCUT2D eigenvalue weighted by Crippen LogP contribution is -1.80. The van der Waals surface area contributed by atoms with Crippen LogP contribution in [0, 0.1) is 0 Å². The minimum absolute atomic E-state index is 0.334. The number of hydrogen-bond donors (Lipinski definition) is 0. The van der Waals surface area contributed by atoms with Gasteiger partial charge in [-0.25, -0.2) is 0 Å². The third kappa shape index (κ3) is 1.96. The highest BCUT2D eigenvalue weighted by atomic mass is 79.9. The highest BCUT2D eigenvalue weighted by molar-refractivity contribution is 9.14. The predicted molar refractivity (Wildman–Crippen MR) is 64.6 cm³/mol. The fraction of sp³-hybridized carbons (Fsp3) is 0. The summed E-state index contributed by atoms with van der Waals surface area (Å²) in [5.41, 5.74) is 0. The van der Waals surface area contributed by atoms with E-state index in [9.17, 15) is 0 Å². The lowest BCUT2D eigenvalue weighted by Gasteiger charge is -2.07. The largest absolute Gasteiger partial charge is 0.0814 e.